The van der Waals surface area contributed by atoms with Crippen molar-refractivity contribution in [2.24, 2.45) is 4.99 Å². The van der Waals surface area contributed by atoms with E-state index in [-0.39, 0.29) is 35.5 Å². The van der Waals surface area contributed by atoms with Crippen LogP contribution in [0.5, 0.6) is 11.5 Å². The molecule has 0 atom stereocenters. The lowest BCUT2D eigenvalue weighted by atomic mass is 10.1. The lowest BCUT2D eigenvalue weighted by molar-refractivity contribution is -0.0512. The average molecular weight is 554 g/mol. The van der Waals surface area contributed by atoms with Gasteiger partial charge in [0, 0.05) is 30.9 Å². The summed E-state index contributed by atoms with van der Waals surface area (Å²) in [4.78, 5) is 10.4. The summed E-state index contributed by atoms with van der Waals surface area (Å²) < 4.78 is 34.7. The number of nitrogens with zero attached hydrogens (tertiary/aromatic N) is 2. The molecule has 6 nitrogen and oxygen atoms in total. The maximum atomic E-state index is 12.6. The van der Waals surface area contributed by atoms with Crippen LogP contribution in [0, 0.1) is 13.8 Å². The molecule has 0 unspecified atom stereocenters. The third kappa shape index (κ3) is 8.58. The number of hydrogen-bond donors (Lipinski definition) is 2. The summed E-state index contributed by atoms with van der Waals surface area (Å²) in [6.45, 7) is 5.18. The van der Waals surface area contributed by atoms with Crippen molar-refractivity contribution < 1.29 is 18.3 Å². The lowest BCUT2D eigenvalue weighted by Crippen LogP contribution is -2.38. The Balaban J connectivity index is 0.00000450. The molecule has 0 aliphatic rings. The van der Waals surface area contributed by atoms with Crippen LogP contribution in [-0.4, -0.2) is 44.3 Å². The van der Waals surface area contributed by atoms with Crippen LogP contribution in [0.4, 0.5) is 8.78 Å². The topological polar surface area (TPSA) is 67.8 Å². The molecule has 0 saturated carbocycles. The van der Waals surface area contributed by atoms with Crippen molar-refractivity contribution in [2.75, 3.05) is 26.7 Å². The van der Waals surface area contributed by atoms with Gasteiger partial charge in [-0.05, 0) is 44.9 Å². The fourth-order valence-corrected chi connectivity index (χ4v) is 3.56. The zero-order chi connectivity index (χ0) is 21.2. The molecule has 2 rings (SSSR count). The Bertz CT molecular complexity index is 799. The summed E-state index contributed by atoms with van der Waals surface area (Å²) in [6.07, 6.45) is 1.42. The number of ether oxygens (including phenoxy) is 2. The fraction of sp³-hybridized carbons (Fsp3) is 0.500. The van der Waals surface area contributed by atoms with Crippen LogP contribution in [0.25, 0.3) is 0 Å². The Morgan fingerprint density at radius 3 is 2.57 bits per heavy atom. The molecule has 1 heterocycles. The number of methoxy groups -OCH3 is 1. The van der Waals surface area contributed by atoms with Crippen molar-refractivity contribution in [1.29, 1.82) is 0 Å². The highest BCUT2D eigenvalue weighted by molar-refractivity contribution is 14.0. The average Bonchev–Trinajstić information content (AvgIpc) is 2.99. The highest BCUT2D eigenvalue weighted by atomic mass is 127. The minimum Gasteiger partial charge on any atom is -0.493 e. The number of aliphatic imine (C=N–C) groups is 1. The molecule has 10 heteroatoms. The van der Waals surface area contributed by atoms with E-state index in [2.05, 4.69) is 32.3 Å². The van der Waals surface area contributed by atoms with Gasteiger partial charge in [-0.1, -0.05) is 6.07 Å². The van der Waals surface area contributed by atoms with Gasteiger partial charge in [0.05, 0.1) is 17.8 Å². The van der Waals surface area contributed by atoms with Crippen LogP contribution < -0.4 is 20.1 Å². The zero-order valence-electron chi connectivity index (χ0n) is 17.6. The number of aromatic nitrogens is 1. The fourth-order valence-electron chi connectivity index (χ4n) is 2.64. The van der Waals surface area contributed by atoms with Crippen LogP contribution in [-0.2, 0) is 12.8 Å². The molecule has 0 bridgehead atoms. The lowest BCUT2D eigenvalue weighted by Gasteiger charge is -2.13. The maximum absolute atomic E-state index is 12.6. The molecule has 0 radical (unpaired) electrons. The van der Waals surface area contributed by atoms with Crippen LogP contribution in [0.2, 0.25) is 0 Å². The standard InChI is InChI=1S/C20H28F2N4O2S.HI/c1-5-23-20(25-11-9-18-26-13(2)14(3)29-18)24-10-8-15-6-7-16(27-4)17(12-15)28-19(21)22;/h6-7,12,19H,5,8-11H2,1-4H3,(H2,23,24,25);1H. The number of nitrogens with one attached hydrogen (secondary N) is 2. The van der Waals surface area contributed by atoms with Gasteiger partial charge in [0.25, 0.3) is 0 Å². The smallest absolute Gasteiger partial charge is 0.387 e. The van der Waals surface area contributed by atoms with Gasteiger partial charge in [-0.2, -0.15) is 8.78 Å². The number of rotatable bonds is 10. The Hall–Kier alpha value is -1.69. The summed E-state index contributed by atoms with van der Waals surface area (Å²) in [7, 11) is 1.42. The monoisotopic (exact) mass is 554 g/mol. The Kier molecular flexibility index (Phi) is 11.9. The Morgan fingerprint density at radius 1 is 1.20 bits per heavy atom. The summed E-state index contributed by atoms with van der Waals surface area (Å²) in [5.74, 6) is 1.04. The molecular formula is C20H29F2IN4O2S. The molecule has 168 valence electrons. The van der Waals surface area contributed by atoms with E-state index in [1.165, 1.54) is 12.0 Å². The van der Waals surface area contributed by atoms with E-state index in [0.29, 0.717) is 19.5 Å². The number of halogens is 3. The van der Waals surface area contributed by atoms with E-state index in [9.17, 15) is 8.78 Å². The molecular weight excluding hydrogens is 525 g/mol. The summed E-state index contributed by atoms with van der Waals surface area (Å²) in [5, 5.41) is 7.56. The molecule has 30 heavy (non-hydrogen) atoms. The van der Waals surface area contributed by atoms with Gasteiger partial charge >= 0.3 is 6.61 Å². The molecule has 0 aliphatic heterocycles. The van der Waals surface area contributed by atoms with Crippen molar-refractivity contribution in [3.8, 4) is 11.5 Å². The largest absolute Gasteiger partial charge is 0.493 e. The third-order valence-corrected chi connectivity index (χ3v) is 5.30. The second kappa shape index (κ2) is 13.6. The van der Waals surface area contributed by atoms with Crippen molar-refractivity contribution in [3.63, 3.8) is 0 Å². The molecule has 1 aromatic carbocycles. The van der Waals surface area contributed by atoms with Gasteiger partial charge in [0.2, 0.25) is 0 Å². The van der Waals surface area contributed by atoms with Gasteiger partial charge < -0.3 is 20.1 Å². The minimum absolute atomic E-state index is 0. The summed E-state index contributed by atoms with van der Waals surface area (Å²) in [5.41, 5.74) is 1.94. The molecule has 0 aliphatic carbocycles. The molecule has 0 amide bonds. The molecule has 0 saturated heterocycles. The normalized spacial score (nSPS) is 11.2. The number of aryl methyl sites for hydroxylation is 2. The molecule has 0 spiro atoms. The second-order valence-electron chi connectivity index (χ2n) is 6.30. The van der Waals surface area contributed by atoms with E-state index in [1.54, 1.807) is 23.5 Å². The zero-order valence-corrected chi connectivity index (χ0v) is 20.8. The van der Waals surface area contributed by atoms with E-state index < -0.39 is 6.61 Å². The predicted molar refractivity (Wildman–Crippen MR) is 128 cm³/mol. The third-order valence-electron chi connectivity index (χ3n) is 4.16. The van der Waals surface area contributed by atoms with E-state index >= 15 is 0 Å². The quantitative estimate of drug-likeness (QED) is 0.260. The van der Waals surface area contributed by atoms with Crippen LogP contribution in [0.3, 0.4) is 0 Å². The molecule has 0 fully saturated rings. The number of guanidine groups is 1. The molecule has 2 N–H and O–H groups in total. The maximum Gasteiger partial charge on any atom is 0.387 e. The number of alkyl halides is 2. The van der Waals surface area contributed by atoms with Gasteiger partial charge in [-0.3, -0.25) is 4.99 Å². The Labute approximate surface area is 197 Å². The minimum atomic E-state index is -2.89. The first-order valence-electron chi connectivity index (χ1n) is 9.49. The Morgan fingerprint density at radius 2 is 1.97 bits per heavy atom. The predicted octanol–water partition coefficient (Wildman–Crippen LogP) is 4.33. The highest BCUT2D eigenvalue weighted by Crippen LogP contribution is 2.29. The van der Waals surface area contributed by atoms with Gasteiger partial charge in [0.15, 0.2) is 17.5 Å². The van der Waals surface area contributed by atoms with Gasteiger partial charge in [0.1, 0.15) is 0 Å². The van der Waals surface area contributed by atoms with Gasteiger partial charge in [-0.25, -0.2) is 4.98 Å². The number of benzene rings is 1. The van der Waals surface area contributed by atoms with Crippen molar-refractivity contribution in [1.82, 2.24) is 15.6 Å². The SMILES string of the molecule is CCNC(=NCCc1nc(C)c(C)s1)NCCc1ccc(OC)c(OC(F)F)c1.I. The van der Waals surface area contributed by atoms with Crippen molar-refractivity contribution in [2.45, 2.75) is 40.2 Å². The van der Waals surface area contributed by atoms with Crippen LogP contribution in [0.1, 0.15) is 28.1 Å². The first kappa shape index (κ1) is 26.3. The van der Waals surface area contributed by atoms with Crippen LogP contribution >= 0.6 is 35.3 Å². The van der Waals surface area contributed by atoms with E-state index in [0.717, 1.165) is 35.2 Å². The number of hydrogen-bond acceptors (Lipinski definition) is 5. The van der Waals surface area contributed by atoms with E-state index in [4.69, 9.17) is 4.74 Å². The van der Waals surface area contributed by atoms with E-state index in [1.807, 2.05) is 19.9 Å². The first-order chi connectivity index (χ1) is 13.9. The van der Waals surface area contributed by atoms with Gasteiger partial charge in [-0.15, -0.1) is 35.3 Å². The molecule has 2 aromatic rings. The molecule has 1 aromatic heterocycles. The van der Waals surface area contributed by atoms with Crippen molar-refractivity contribution in [3.05, 3.63) is 39.3 Å². The highest BCUT2D eigenvalue weighted by Gasteiger charge is 2.11. The summed E-state index contributed by atoms with van der Waals surface area (Å²) in [6, 6.07) is 5.03. The first-order valence-corrected chi connectivity index (χ1v) is 10.3. The van der Waals surface area contributed by atoms with Crippen LogP contribution in [0.15, 0.2) is 23.2 Å². The van der Waals surface area contributed by atoms with Crippen molar-refractivity contribution >= 4 is 41.3 Å². The second-order valence-corrected chi connectivity index (χ2v) is 7.59. The number of thiazole rings is 1. The summed E-state index contributed by atoms with van der Waals surface area (Å²) >= 11 is 1.71.